The summed E-state index contributed by atoms with van der Waals surface area (Å²) in [6.45, 7) is 2.22. The van der Waals surface area contributed by atoms with Crippen molar-refractivity contribution in [2.75, 3.05) is 13.7 Å². The zero-order valence-electron chi connectivity index (χ0n) is 18.5. The molecule has 0 saturated heterocycles. The summed E-state index contributed by atoms with van der Waals surface area (Å²) in [5.41, 5.74) is 5.32. The number of para-hydroxylation sites is 1. The molecule has 0 amide bonds. The van der Waals surface area contributed by atoms with Crippen LogP contribution in [0.2, 0.25) is 0 Å². The number of aliphatic hydroxyl groups is 1. The minimum Gasteiger partial charge on any atom is -0.744 e. The topological polar surface area (TPSA) is 93.2 Å². The Labute approximate surface area is 194 Å². The zero-order chi connectivity index (χ0) is 23.5. The number of aromatic nitrogens is 1. The predicted molar refractivity (Wildman–Crippen MR) is 127 cm³/mol. The third kappa shape index (κ3) is 5.17. The van der Waals surface area contributed by atoms with Crippen LogP contribution in [-0.2, 0) is 29.6 Å². The fourth-order valence-corrected chi connectivity index (χ4v) is 5.07. The maximum atomic E-state index is 10.3. The molecule has 1 atom stereocenters. The number of nitrogens with one attached hydrogen (secondary N) is 1. The highest BCUT2D eigenvalue weighted by Gasteiger charge is 2.38. The van der Waals surface area contributed by atoms with Crippen LogP contribution in [0.5, 0.6) is 0 Å². The van der Waals surface area contributed by atoms with Crippen LogP contribution in [-0.4, -0.2) is 47.2 Å². The molecule has 2 heterocycles. The Morgan fingerprint density at radius 3 is 2.09 bits per heavy atom. The van der Waals surface area contributed by atoms with Crippen molar-refractivity contribution in [1.29, 1.82) is 0 Å². The Morgan fingerprint density at radius 1 is 0.939 bits per heavy atom. The molecule has 0 saturated carbocycles. The lowest BCUT2D eigenvalue weighted by Gasteiger charge is -2.37. The molecule has 6 nitrogen and oxygen atoms in total. The summed E-state index contributed by atoms with van der Waals surface area (Å²) in [6.07, 6.45) is 2.99. The van der Waals surface area contributed by atoms with Gasteiger partial charge in [-0.15, -0.1) is 0 Å². The Bertz CT molecular complexity index is 1310. The van der Waals surface area contributed by atoms with E-state index in [1.165, 1.54) is 51.9 Å². The average molecular weight is 465 g/mol. The first-order valence-electron chi connectivity index (χ1n) is 10.9. The van der Waals surface area contributed by atoms with Gasteiger partial charge in [0, 0.05) is 34.6 Å². The first-order chi connectivity index (χ1) is 15.8. The molecule has 0 radical (unpaired) electrons. The third-order valence-corrected chi connectivity index (χ3v) is 7.29. The Kier molecular flexibility index (Phi) is 6.67. The van der Waals surface area contributed by atoms with Gasteiger partial charge in [-0.1, -0.05) is 60.7 Å². The number of aliphatic hydroxyl groups excluding tert-OH is 1. The smallest absolute Gasteiger partial charge is 0.124 e. The normalized spacial score (nSPS) is 15.5. The molecule has 1 aromatic heterocycles. The van der Waals surface area contributed by atoms with E-state index in [-0.39, 0.29) is 17.5 Å². The largest absolute Gasteiger partial charge is 0.744 e. The second-order valence-electron chi connectivity index (χ2n) is 8.73. The number of hydrogen-bond donors (Lipinski definition) is 2. The van der Waals surface area contributed by atoms with Crippen molar-refractivity contribution in [2.45, 2.75) is 30.4 Å². The minimum atomic E-state index is -4.25. The lowest BCUT2D eigenvalue weighted by atomic mass is 10.0. The van der Waals surface area contributed by atoms with Gasteiger partial charge in [-0.2, -0.15) is 0 Å². The van der Waals surface area contributed by atoms with E-state index in [1.807, 2.05) is 0 Å². The van der Waals surface area contributed by atoms with Crippen molar-refractivity contribution in [3.63, 3.8) is 0 Å². The van der Waals surface area contributed by atoms with Gasteiger partial charge in [-0.05, 0) is 23.8 Å². The first-order valence-corrected chi connectivity index (χ1v) is 12.3. The minimum absolute atomic E-state index is 0.185. The van der Waals surface area contributed by atoms with E-state index in [0.717, 1.165) is 24.0 Å². The van der Waals surface area contributed by atoms with E-state index in [0.29, 0.717) is 0 Å². The van der Waals surface area contributed by atoms with Crippen LogP contribution in [0.3, 0.4) is 0 Å². The van der Waals surface area contributed by atoms with E-state index in [4.69, 9.17) is 0 Å². The molecule has 1 aliphatic heterocycles. The maximum absolute atomic E-state index is 10.3. The molecule has 0 aliphatic carbocycles. The van der Waals surface area contributed by atoms with Crippen molar-refractivity contribution < 1.29 is 22.6 Å². The zero-order valence-corrected chi connectivity index (χ0v) is 19.3. The van der Waals surface area contributed by atoms with Gasteiger partial charge in [0.05, 0.1) is 18.6 Å². The maximum Gasteiger partial charge on any atom is 0.124 e. The summed E-state index contributed by atoms with van der Waals surface area (Å²) in [5, 5.41) is 11.3. The summed E-state index contributed by atoms with van der Waals surface area (Å²) in [6, 6.07) is 24.5. The fourth-order valence-electron chi connectivity index (χ4n) is 4.58. The summed E-state index contributed by atoms with van der Waals surface area (Å²) in [7, 11) is -1.98. The Hall–Kier alpha value is -2.97. The number of hydrogen-bond acceptors (Lipinski definition) is 4. The van der Waals surface area contributed by atoms with Crippen molar-refractivity contribution in [3.8, 4) is 0 Å². The molecular formula is C26H28N2O4S. The summed E-state index contributed by atoms with van der Waals surface area (Å²) < 4.78 is 31.7. The second kappa shape index (κ2) is 9.49. The van der Waals surface area contributed by atoms with Crippen LogP contribution in [0.25, 0.3) is 10.9 Å². The molecule has 3 aromatic carbocycles. The van der Waals surface area contributed by atoms with Gasteiger partial charge in [-0.25, -0.2) is 8.42 Å². The molecule has 0 fully saturated rings. The Morgan fingerprint density at radius 2 is 1.52 bits per heavy atom. The average Bonchev–Trinajstić information content (AvgIpc) is 3.38. The van der Waals surface area contributed by atoms with E-state index in [2.05, 4.69) is 66.8 Å². The molecule has 33 heavy (non-hydrogen) atoms. The van der Waals surface area contributed by atoms with Crippen molar-refractivity contribution in [1.82, 2.24) is 4.98 Å². The number of quaternary nitrogens is 1. The highest BCUT2D eigenvalue weighted by molar-refractivity contribution is 7.85. The third-order valence-electron chi connectivity index (χ3n) is 6.44. The van der Waals surface area contributed by atoms with Crippen molar-refractivity contribution in [2.24, 2.45) is 0 Å². The molecular weight excluding hydrogens is 436 g/mol. The van der Waals surface area contributed by atoms with Crippen LogP contribution >= 0.6 is 0 Å². The van der Waals surface area contributed by atoms with Crippen LogP contribution < -0.4 is 0 Å². The van der Waals surface area contributed by atoms with E-state index in [9.17, 15) is 18.1 Å². The monoisotopic (exact) mass is 464 g/mol. The number of rotatable bonds is 5. The van der Waals surface area contributed by atoms with Crippen molar-refractivity contribution in [3.05, 3.63) is 102 Å². The number of likely N-dealkylation sites (N-methyl/N-ethyl adjacent to an activating group) is 1. The molecule has 172 valence electrons. The van der Waals surface area contributed by atoms with Gasteiger partial charge in [0.1, 0.15) is 29.2 Å². The predicted octanol–water partition coefficient (Wildman–Crippen LogP) is 3.82. The SMILES string of the molecule is C[N+]1(C(CO)Cc2c[nH]c3ccccc23)Cc2ccccc2C1.O=S(=O)([O-])c1ccccc1. The number of aromatic amines is 1. The first kappa shape index (κ1) is 23.2. The standard InChI is InChI=1S/C20H23N2O.C6H6O3S/c1-22(12-15-6-2-3-7-16(15)13-22)18(14-23)10-17-11-21-20-9-5-4-8-19(17)20;7-10(8,9)6-4-2-1-3-5-6/h2-9,11,18,21,23H,10,12-14H2,1H3;1-5H,(H,7,8,9)/q+1;/p-1. The molecule has 1 aliphatic rings. The van der Waals surface area contributed by atoms with Gasteiger partial charge in [0.25, 0.3) is 0 Å². The fraction of sp³-hybridized carbons (Fsp3) is 0.231. The van der Waals surface area contributed by atoms with Gasteiger partial charge in [0.2, 0.25) is 0 Å². The van der Waals surface area contributed by atoms with Gasteiger partial charge in [0.15, 0.2) is 0 Å². The number of H-pyrrole nitrogens is 1. The molecule has 0 bridgehead atoms. The molecule has 2 N–H and O–H groups in total. The summed E-state index contributed by atoms with van der Waals surface area (Å²) in [4.78, 5) is 3.16. The number of fused-ring (bicyclic) bond motifs is 2. The van der Waals surface area contributed by atoms with Crippen LogP contribution in [0.4, 0.5) is 0 Å². The number of benzene rings is 3. The number of nitrogens with zero attached hydrogens (tertiary/aromatic N) is 1. The quantitative estimate of drug-likeness (QED) is 0.347. The van der Waals surface area contributed by atoms with Gasteiger partial charge >= 0.3 is 0 Å². The van der Waals surface area contributed by atoms with E-state index < -0.39 is 10.1 Å². The van der Waals surface area contributed by atoms with Crippen LogP contribution in [0, 0.1) is 0 Å². The van der Waals surface area contributed by atoms with E-state index in [1.54, 1.807) is 6.07 Å². The highest BCUT2D eigenvalue weighted by atomic mass is 32.2. The molecule has 0 spiro atoms. The second-order valence-corrected chi connectivity index (χ2v) is 10.1. The molecule has 4 aromatic rings. The molecule has 1 unspecified atom stereocenters. The van der Waals surface area contributed by atoms with Crippen molar-refractivity contribution >= 4 is 21.0 Å². The summed E-state index contributed by atoms with van der Waals surface area (Å²) >= 11 is 0. The molecule has 5 rings (SSSR count). The highest BCUT2D eigenvalue weighted by Crippen LogP contribution is 2.32. The van der Waals surface area contributed by atoms with Gasteiger partial charge in [-0.3, -0.25) is 0 Å². The lowest BCUT2D eigenvalue weighted by molar-refractivity contribution is -0.952. The van der Waals surface area contributed by atoms with Crippen LogP contribution in [0.1, 0.15) is 16.7 Å². The van der Waals surface area contributed by atoms with E-state index >= 15 is 0 Å². The van der Waals surface area contributed by atoms with Gasteiger partial charge < -0.3 is 19.1 Å². The molecule has 7 heteroatoms. The Balaban J connectivity index is 0.000000219. The van der Waals surface area contributed by atoms with Crippen LogP contribution in [0.15, 0.2) is 90.0 Å². The lowest BCUT2D eigenvalue weighted by Crippen LogP contribution is -2.50. The summed E-state index contributed by atoms with van der Waals surface area (Å²) in [5.74, 6) is 0.